The molecule has 0 aromatic heterocycles. The highest BCUT2D eigenvalue weighted by atomic mass is 19.1. The number of likely N-dealkylation sites (tertiary alicyclic amines) is 1. The van der Waals surface area contributed by atoms with Crippen LogP contribution in [0.5, 0.6) is 11.5 Å². The van der Waals surface area contributed by atoms with Crippen molar-refractivity contribution in [2.75, 3.05) is 19.7 Å². The first kappa shape index (κ1) is 24.7. The number of hydrogen-bond donors (Lipinski definition) is 1. The van der Waals surface area contributed by atoms with Crippen molar-refractivity contribution in [1.29, 1.82) is 0 Å². The van der Waals surface area contributed by atoms with Gasteiger partial charge >= 0.3 is 5.97 Å². The molecule has 1 aliphatic rings. The number of carboxylic acids is 1. The minimum absolute atomic E-state index is 0.334. The van der Waals surface area contributed by atoms with E-state index in [4.69, 9.17) is 9.47 Å². The normalized spacial score (nSPS) is 15.5. The van der Waals surface area contributed by atoms with E-state index in [-0.39, 0.29) is 0 Å². The molecule has 3 aromatic rings. The summed E-state index contributed by atoms with van der Waals surface area (Å²) in [6, 6.07) is 18.3. The number of rotatable bonds is 9. The maximum absolute atomic E-state index is 15.0. The van der Waals surface area contributed by atoms with E-state index in [1.54, 1.807) is 0 Å². The highest BCUT2D eigenvalue weighted by Gasteiger charge is 2.32. The molecule has 3 aromatic carbocycles. The van der Waals surface area contributed by atoms with E-state index in [1.807, 2.05) is 60.4 Å². The van der Waals surface area contributed by atoms with E-state index < -0.39 is 29.6 Å². The fraction of sp³-hybridized carbons (Fsp3) is 0.321. The molecule has 1 fully saturated rings. The Bertz CT molecular complexity index is 1150. The van der Waals surface area contributed by atoms with Crippen LogP contribution in [0.3, 0.4) is 0 Å². The molecule has 35 heavy (non-hydrogen) atoms. The number of ether oxygens (including phenoxy) is 2. The third-order valence-electron chi connectivity index (χ3n) is 6.32. The van der Waals surface area contributed by atoms with Gasteiger partial charge in [-0.05, 0) is 62.2 Å². The Kier molecular flexibility index (Phi) is 7.98. The van der Waals surface area contributed by atoms with Crippen LogP contribution < -0.4 is 9.47 Å². The fourth-order valence-electron chi connectivity index (χ4n) is 4.53. The zero-order chi connectivity index (χ0) is 24.8. The lowest BCUT2D eigenvalue weighted by Gasteiger charge is -2.37. The summed E-state index contributed by atoms with van der Waals surface area (Å²) in [5, 5.41) is 9.38. The molecular weight excluding hydrogens is 452 g/mol. The Balaban J connectivity index is 1.66. The van der Waals surface area contributed by atoms with Crippen molar-refractivity contribution >= 4 is 5.97 Å². The Morgan fingerprint density at radius 2 is 1.74 bits per heavy atom. The molecule has 1 atom stereocenters. The summed E-state index contributed by atoms with van der Waals surface area (Å²) >= 11 is 0. The molecular formula is C28H29F2NO4. The highest BCUT2D eigenvalue weighted by molar-refractivity contribution is 5.70. The van der Waals surface area contributed by atoms with Gasteiger partial charge < -0.3 is 14.6 Å². The van der Waals surface area contributed by atoms with E-state index >= 15 is 0 Å². The molecule has 1 N–H and O–H groups in total. The molecule has 0 aliphatic carbocycles. The predicted octanol–water partition coefficient (Wildman–Crippen LogP) is 5.83. The number of nitrogens with zero attached hydrogens (tertiary/aromatic N) is 1. The molecule has 1 unspecified atom stereocenters. The summed E-state index contributed by atoms with van der Waals surface area (Å²) in [5.74, 6) is -1.41. The van der Waals surface area contributed by atoms with Crippen LogP contribution in [0.1, 0.15) is 42.5 Å². The SMILES string of the molecule is CCOc1cc(C(c2ccc(F)cc2F)N2CCC(C(=O)O)CC2)ccc1OCc1ccccc1. The minimum Gasteiger partial charge on any atom is -0.490 e. The van der Waals surface area contributed by atoms with Gasteiger partial charge in [0.1, 0.15) is 18.2 Å². The molecule has 0 saturated carbocycles. The zero-order valence-corrected chi connectivity index (χ0v) is 19.6. The molecule has 0 amide bonds. The van der Waals surface area contributed by atoms with Crippen molar-refractivity contribution in [3.63, 3.8) is 0 Å². The van der Waals surface area contributed by atoms with Gasteiger partial charge in [-0.15, -0.1) is 0 Å². The molecule has 7 heteroatoms. The van der Waals surface area contributed by atoms with Crippen molar-refractivity contribution in [2.24, 2.45) is 5.92 Å². The van der Waals surface area contributed by atoms with E-state index in [9.17, 15) is 18.7 Å². The summed E-state index contributed by atoms with van der Waals surface area (Å²) in [6.45, 7) is 3.63. The molecule has 184 valence electrons. The second-order valence-electron chi connectivity index (χ2n) is 8.63. The molecule has 0 radical (unpaired) electrons. The van der Waals surface area contributed by atoms with Gasteiger partial charge in [0.25, 0.3) is 0 Å². The van der Waals surface area contributed by atoms with Crippen LogP contribution in [0.15, 0.2) is 66.7 Å². The number of piperidine rings is 1. The van der Waals surface area contributed by atoms with E-state index in [0.29, 0.717) is 56.2 Å². The van der Waals surface area contributed by atoms with Crippen LogP contribution in [0.4, 0.5) is 8.78 Å². The van der Waals surface area contributed by atoms with Crippen LogP contribution in [-0.4, -0.2) is 35.7 Å². The average Bonchev–Trinajstić information content (AvgIpc) is 2.86. The van der Waals surface area contributed by atoms with Gasteiger partial charge in [0.15, 0.2) is 11.5 Å². The molecule has 1 saturated heterocycles. The fourth-order valence-corrected chi connectivity index (χ4v) is 4.53. The smallest absolute Gasteiger partial charge is 0.306 e. The predicted molar refractivity (Wildman–Crippen MR) is 129 cm³/mol. The van der Waals surface area contributed by atoms with Crippen LogP contribution in [-0.2, 0) is 11.4 Å². The van der Waals surface area contributed by atoms with Gasteiger partial charge in [-0.1, -0.05) is 42.5 Å². The van der Waals surface area contributed by atoms with Crippen molar-refractivity contribution in [1.82, 2.24) is 4.90 Å². The van der Waals surface area contributed by atoms with Crippen molar-refractivity contribution in [3.8, 4) is 11.5 Å². The van der Waals surface area contributed by atoms with Gasteiger partial charge in [-0.25, -0.2) is 8.78 Å². The van der Waals surface area contributed by atoms with Crippen molar-refractivity contribution < 1.29 is 28.2 Å². The van der Waals surface area contributed by atoms with Crippen LogP contribution in [0, 0.1) is 17.6 Å². The lowest BCUT2D eigenvalue weighted by Crippen LogP contribution is -2.39. The number of carbonyl (C=O) groups is 1. The van der Waals surface area contributed by atoms with E-state index in [0.717, 1.165) is 17.2 Å². The summed E-state index contributed by atoms with van der Waals surface area (Å²) in [5.41, 5.74) is 2.12. The second-order valence-corrected chi connectivity index (χ2v) is 8.63. The number of hydrogen-bond acceptors (Lipinski definition) is 4. The Morgan fingerprint density at radius 1 is 1.00 bits per heavy atom. The quantitative estimate of drug-likeness (QED) is 0.417. The monoisotopic (exact) mass is 481 g/mol. The van der Waals surface area contributed by atoms with Crippen molar-refractivity contribution in [3.05, 3.63) is 95.1 Å². The number of aliphatic carboxylic acids is 1. The first-order valence-electron chi connectivity index (χ1n) is 11.8. The zero-order valence-electron chi connectivity index (χ0n) is 19.6. The summed E-state index contributed by atoms with van der Waals surface area (Å²) in [4.78, 5) is 13.5. The topological polar surface area (TPSA) is 59.0 Å². The summed E-state index contributed by atoms with van der Waals surface area (Å²) in [6.07, 6.45) is 0.927. The largest absolute Gasteiger partial charge is 0.490 e. The van der Waals surface area contributed by atoms with E-state index in [2.05, 4.69) is 0 Å². The third-order valence-corrected chi connectivity index (χ3v) is 6.32. The van der Waals surface area contributed by atoms with Crippen LogP contribution >= 0.6 is 0 Å². The van der Waals surface area contributed by atoms with Gasteiger partial charge in [0, 0.05) is 11.6 Å². The lowest BCUT2D eigenvalue weighted by atomic mass is 9.91. The lowest BCUT2D eigenvalue weighted by molar-refractivity contribution is -0.143. The van der Waals surface area contributed by atoms with Crippen LogP contribution in [0.2, 0.25) is 0 Å². The Labute approximate surface area is 203 Å². The molecule has 1 heterocycles. The van der Waals surface area contributed by atoms with Crippen molar-refractivity contribution in [2.45, 2.75) is 32.4 Å². The standard InChI is InChI=1S/C28H29F2NO4/c1-2-34-26-16-21(8-11-25(26)35-18-19-6-4-3-5-7-19)27(23-10-9-22(29)17-24(23)30)31-14-12-20(13-15-31)28(32)33/h3-11,16-17,20,27H,2,12-15,18H2,1H3,(H,32,33). The second kappa shape index (κ2) is 11.3. The summed E-state index contributed by atoms with van der Waals surface area (Å²) in [7, 11) is 0. The molecule has 0 bridgehead atoms. The van der Waals surface area contributed by atoms with Gasteiger partial charge in [-0.3, -0.25) is 9.69 Å². The minimum atomic E-state index is -0.812. The molecule has 4 rings (SSSR count). The average molecular weight is 482 g/mol. The highest BCUT2D eigenvalue weighted by Crippen LogP contribution is 2.38. The van der Waals surface area contributed by atoms with Gasteiger partial charge in [0.05, 0.1) is 18.6 Å². The first-order chi connectivity index (χ1) is 17.0. The Morgan fingerprint density at radius 3 is 2.40 bits per heavy atom. The van der Waals surface area contributed by atoms with Gasteiger partial charge in [-0.2, -0.15) is 0 Å². The maximum atomic E-state index is 15.0. The van der Waals surface area contributed by atoms with E-state index in [1.165, 1.54) is 12.1 Å². The number of halogens is 2. The maximum Gasteiger partial charge on any atom is 0.306 e. The molecule has 1 aliphatic heterocycles. The van der Waals surface area contributed by atoms with Crippen LogP contribution in [0.25, 0.3) is 0 Å². The number of carboxylic acid groups (broad SMARTS) is 1. The Hall–Kier alpha value is -3.45. The molecule has 5 nitrogen and oxygen atoms in total. The third kappa shape index (κ3) is 5.98. The summed E-state index contributed by atoms with van der Waals surface area (Å²) < 4.78 is 40.5. The van der Waals surface area contributed by atoms with Gasteiger partial charge in [0.2, 0.25) is 0 Å². The molecule has 0 spiro atoms. The number of benzene rings is 3. The first-order valence-corrected chi connectivity index (χ1v) is 11.8.